The van der Waals surface area contributed by atoms with Crippen LogP contribution >= 0.6 is 38.9 Å². The first-order valence-corrected chi connectivity index (χ1v) is 5.68. The molecule has 0 saturated carbocycles. The number of hydrogen-bond acceptors (Lipinski definition) is 1. The Morgan fingerprint density at radius 2 is 2.36 bits per heavy atom. The monoisotopic (exact) mass is 252 g/mol. The van der Waals surface area contributed by atoms with E-state index < -0.39 is 0 Å². The topological polar surface area (TPSA) is 0 Å². The van der Waals surface area contributed by atoms with Gasteiger partial charge in [0.2, 0.25) is 0 Å². The van der Waals surface area contributed by atoms with Crippen LogP contribution < -0.4 is 0 Å². The molecule has 0 aliphatic heterocycles. The molecule has 1 heterocycles. The molecule has 1 rings (SSSR count). The van der Waals surface area contributed by atoms with Crippen LogP contribution in [0.5, 0.6) is 0 Å². The van der Waals surface area contributed by atoms with Crippen LogP contribution in [0.1, 0.15) is 18.2 Å². The Kier molecular flexibility index (Phi) is 3.90. The minimum Gasteiger partial charge on any atom is -0.128 e. The van der Waals surface area contributed by atoms with E-state index in [-0.39, 0.29) is 0 Å². The van der Waals surface area contributed by atoms with Gasteiger partial charge in [0.05, 0.1) is 4.34 Å². The zero-order valence-electron chi connectivity index (χ0n) is 6.31. The molecule has 11 heavy (non-hydrogen) atoms. The largest absolute Gasteiger partial charge is 0.128 e. The van der Waals surface area contributed by atoms with Gasteiger partial charge in [-0.3, -0.25) is 0 Å². The lowest BCUT2D eigenvalue weighted by Gasteiger charge is -1.98. The number of rotatable bonds is 3. The highest BCUT2D eigenvalue weighted by atomic mass is 79.9. The quantitative estimate of drug-likeness (QED) is 0.711. The summed E-state index contributed by atoms with van der Waals surface area (Å²) in [6.07, 6.45) is 2.31. The first-order valence-electron chi connectivity index (χ1n) is 3.57. The van der Waals surface area contributed by atoms with E-state index in [1.807, 2.05) is 6.07 Å². The van der Waals surface area contributed by atoms with Gasteiger partial charge < -0.3 is 0 Å². The smallest absolute Gasteiger partial charge is 0.0931 e. The van der Waals surface area contributed by atoms with Crippen LogP contribution in [0.15, 0.2) is 12.1 Å². The first kappa shape index (κ1) is 9.56. The van der Waals surface area contributed by atoms with Crippen molar-refractivity contribution < 1.29 is 0 Å². The molecule has 62 valence electrons. The zero-order valence-corrected chi connectivity index (χ0v) is 9.47. The minimum atomic E-state index is 0.600. The average molecular weight is 254 g/mol. The molecular formula is C8H10BrClS. The Hall–Kier alpha value is 0.470. The molecule has 1 unspecified atom stereocenters. The Balaban J connectivity index is 2.39. The van der Waals surface area contributed by atoms with E-state index >= 15 is 0 Å². The van der Waals surface area contributed by atoms with Crippen LogP contribution in [-0.4, -0.2) is 4.83 Å². The molecule has 0 spiro atoms. The van der Waals surface area contributed by atoms with Crippen molar-refractivity contribution in [1.82, 2.24) is 0 Å². The molecule has 0 amide bonds. The molecule has 1 atom stereocenters. The van der Waals surface area contributed by atoms with Gasteiger partial charge in [-0.1, -0.05) is 34.5 Å². The van der Waals surface area contributed by atoms with E-state index in [0.29, 0.717) is 4.83 Å². The lowest BCUT2D eigenvalue weighted by molar-refractivity contribution is 0.832. The lowest BCUT2D eigenvalue weighted by atomic mass is 10.2. The van der Waals surface area contributed by atoms with Gasteiger partial charge in [0.1, 0.15) is 0 Å². The zero-order chi connectivity index (χ0) is 8.27. The van der Waals surface area contributed by atoms with E-state index in [0.717, 1.165) is 10.8 Å². The maximum Gasteiger partial charge on any atom is 0.0931 e. The maximum absolute atomic E-state index is 5.78. The average Bonchev–Trinajstić information content (AvgIpc) is 2.31. The Bertz CT molecular complexity index is 220. The van der Waals surface area contributed by atoms with Gasteiger partial charge in [-0.15, -0.1) is 11.3 Å². The molecule has 0 aliphatic carbocycles. The molecule has 0 fully saturated rings. The molecule has 0 saturated heterocycles. The van der Waals surface area contributed by atoms with E-state index in [2.05, 4.69) is 28.9 Å². The number of hydrogen-bond donors (Lipinski definition) is 0. The summed E-state index contributed by atoms with van der Waals surface area (Å²) in [6, 6.07) is 4.06. The van der Waals surface area contributed by atoms with E-state index in [1.165, 1.54) is 11.3 Å². The van der Waals surface area contributed by atoms with Crippen LogP contribution in [0.25, 0.3) is 0 Å². The minimum absolute atomic E-state index is 0.600. The number of halogens is 2. The van der Waals surface area contributed by atoms with Crippen molar-refractivity contribution in [3.63, 3.8) is 0 Å². The van der Waals surface area contributed by atoms with Crippen molar-refractivity contribution in [1.29, 1.82) is 0 Å². The fraction of sp³-hybridized carbons (Fsp3) is 0.500. The normalized spacial score (nSPS) is 13.4. The molecule has 0 N–H and O–H groups in total. The third-order valence-electron chi connectivity index (χ3n) is 1.42. The van der Waals surface area contributed by atoms with Gasteiger partial charge in [0, 0.05) is 9.70 Å². The second-order valence-corrected chi connectivity index (χ2v) is 5.89. The summed E-state index contributed by atoms with van der Waals surface area (Å²) in [5.74, 6) is 0. The summed E-state index contributed by atoms with van der Waals surface area (Å²) in [5, 5.41) is 0. The van der Waals surface area contributed by atoms with Crippen molar-refractivity contribution in [2.45, 2.75) is 24.6 Å². The summed E-state index contributed by atoms with van der Waals surface area (Å²) in [6.45, 7) is 2.16. The molecule has 0 nitrogen and oxygen atoms in total. The summed E-state index contributed by atoms with van der Waals surface area (Å²) in [4.78, 5) is 1.98. The number of alkyl halides is 1. The molecule has 0 bridgehead atoms. The van der Waals surface area contributed by atoms with Crippen LogP contribution in [0.4, 0.5) is 0 Å². The van der Waals surface area contributed by atoms with Gasteiger partial charge in [-0.05, 0) is 25.0 Å². The molecule has 1 aromatic heterocycles. The molecule has 0 aromatic carbocycles. The highest BCUT2D eigenvalue weighted by molar-refractivity contribution is 9.09. The highest BCUT2D eigenvalue weighted by Gasteiger charge is 2.00. The molecule has 3 heteroatoms. The standard InChI is InChI=1S/C8H10BrClS/c1-6(9)2-3-7-4-5-8(10)11-7/h4-6H,2-3H2,1H3. The maximum atomic E-state index is 5.78. The first-order chi connectivity index (χ1) is 5.18. The van der Waals surface area contributed by atoms with E-state index in [9.17, 15) is 0 Å². The summed E-state index contributed by atoms with van der Waals surface area (Å²) >= 11 is 11.0. The second kappa shape index (κ2) is 4.48. The number of thiophene rings is 1. The van der Waals surface area contributed by atoms with Gasteiger partial charge in [-0.25, -0.2) is 0 Å². The van der Waals surface area contributed by atoms with Gasteiger partial charge in [-0.2, -0.15) is 0 Å². The summed E-state index contributed by atoms with van der Waals surface area (Å²) in [7, 11) is 0. The van der Waals surface area contributed by atoms with E-state index in [1.54, 1.807) is 11.3 Å². The van der Waals surface area contributed by atoms with Crippen LogP contribution in [0, 0.1) is 0 Å². The Labute approximate surface area is 84.7 Å². The van der Waals surface area contributed by atoms with Crippen LogP contribution in [-0.2, 0) is 6.42 Å². The predicted molar refractivity (Wildman–Crippen MR) is 56.0 cm³/mol. The van der Waals surface area contributed by atoms with Gasteiger partial charge in [0.25, 0.3) is 0 Å². The number of aryl methyl sites for hydroxylation is 1. The predicted octanol–water partition coefficient (Wildman–Crippen LogP) is 4.12. The van der Waals surface area contributed by atoms with Gasteiger partial charge >= 0.3 is 0 Å². The lowest BCUT2D eigenvalue weighted by Crippen LogP contribution is -1.91. The molecule has 0 radical (unpaired) electrons. The Morgan fingerprint density at radius 3 is 2.82 bits per heavy atom. The Morgan fingerprint density at radius 1 is 1.64 bits per heavy atom. The summed E-state index contributed by atoms with van der Waals surface area (Å²) in [5.41, 5.74) is 0. The van der Waals surface area contributed by atoms with Gasteiger partial charge in [0.15, 0.2) is 0 Å². The fourth-order valence-corrected chi connectivity index (χ4v) is 2.16. The van der Waals surface area contributed by atoms with Crippen molar-refractivity contribution in [3.8, 4) is 0 Å². The van der Waals surface area contributed by atoms with Crippen molar-refractivity contribution in [2.24, 2.45) is 0 Å². The van der Waals surface area contributed by atoms with E-state index in [4.69, 9.17) is 11.6 Å². The van der Waals surface area contributed by atoms with Crippen LogP contribution in [0.3, 0.4) is 0 Å². The van der Waals surface area contributed by atoms with Crippen molar-refractivity contribution >= 4 is 38.9 Å². The third kappa shape index (κ3) is 3.59. The SMILES string of the molecule is CC(Br)CCc1ccc(Cl)s1. The second-order valence-electron chi connectivity index (χ2n) is 2.53. The summed E-state index contributed by atoms with van der Waals surface area (Å²) < 4.78 is 0.891. The van der Waals surface area contributed by atoms with Crippen molar-refractivity contribution in [3.05, 3.63) is 21.3 Å². The third-order valence-corrected chi connectivity index (χ3v) is 3.17. The molecule has 0 aliphatic rings. The fourth-order valence-electron chi connectivity index (χ4n) is 0.827. The van der Waals surface area contributed by atoms with Crippen molar-refractivity contribution in [2.75, 3.05) is 0 Å². The van der Waals surface area contributed by atoms with Crippen LogP contribution in [0.2, 0.25) is 4.34 Å². The highest BCUT2D eigenvalue weighted by Crippen LogP contribution is 2.23. The molecule has 1 aromatic rings. The molecular weight excluding hydrogens is 244 g/mol.